The van der Waals surface area contributed by atoms with E-state index in [1.807, 2.05) is 32.0 Å². The van der Waals surface area contributed by atoms with E-state index in [1.165, 1.54) is 26.2 Å². The fraction of sp³-hybridized carbons (Fsp3) is 0.657. The average molecular weight is 1310 g/mol. The molecule has 0 aromatic heterocycles. The number of nitrogens with zero attached hydrogens (tertiary/aromatic N) is 3. The van der Waals surface area contributed by atoms with E-state index < -0.39 is 126 Å². The van der Waals surface area contributed by atoms with Gasteiger partial charge in [0.15, 0.2) is 0 Å². The van der Waals surface area contributed by atoms with Crippen LogP contribution < -0.4 is 37.6 Å². The van der Waals surface area contributed by atoms with Crippen LogP contribution in [0.3, 0.4) is 0 Å². The molecule has 26 nitrogen and oxygen atoms in total. The first-order valence-electron chi connectivity index (χ1n) is 32.2. The number of aliphatic hydroxyl groups is 1. The monoisotopic (exact) mass is 1310 g/mol. The molecule has 1 aliphatic heterocycles. The van der Waals surface area contributed by atoms with Gasteiger partial charge in [-0.05, 0) is 79.5 Å². The number of carbonyl (C=O) groups is 9. The maximum atomic E-state index is 14.8. The summed E-state index contributed by atoms with van der Waals surface area (Å²) in [6.45, 7) is 19.1. The smallest absolute Gasteiger partial charge is 0.410 e. The van der Waals surface area contributed by atoms with E-state index in [1.54, 1.807) is 109 Å². The molecule has 0 radical (unpaired) electrons. The molecule has 1 heterocycles. The number of hydrogen-bond acceptors (Lipinski definition) is 16. The normalized spacial score (nSPS) is 16.6. The highest BCUT2D eigenvalue weighted by molar-refractivity contribution is 5.98. The fourth-order valence-corrected chi connectivity index (χ4v) is 11.3. The Morgan fingerprint density at radius 3 is 1.96 bits per heavy atom. The third kappa shape index (κ3) is 25.8. The van der Waals surface area contributed by atoms with Crippen LogP contribution in [0.1, 0.15) is 125 Å². The Morgan fingerprint density at radius 2 is 1.38 bits per heavy atom. The zero-order chi connectivity index (χ0) is 69.5. The Kier molecular flexibility index (Phi) is 35.5. The number of primary amides is 1. The largest absolute Gasteiger partial charge is 0.445 e. The van der Waals surface area contributed by atoms with Gasteiger partial charge in [0.2, 0.25) is 41.4 Å². The minimum atomic E-state index is -1.12. The van der Waals surface area contributed by atoms with Crippen LogP contribution >= 0.6 is 0 Å². The van der Waals surface area contributed by atoms with Crippen molar-refractivity contribution in [3.63, 3.8) is 0 Å². The van der Waals surface area contributed by atoms with Crippen molar-refractivity contribution in [2.24, 2.45) is 35.3 Å². The second-order valence-corrected chi connectivity index (χ2v) is 24.7. The lowest BCUT2D eigenvalue weighted by Crippen LogP contribution is -2.60. The number of rotatable bonds is 41. The number of benzene rings is 2. The zero-order valence-electron chi connectivity index (χ0n) is 57.0. The molecular formula is C67H106N10O16. The number of hydrogen-bond donors (Lipinski definition) is 8. The number of likely N-dealkylation sites (tertiary alicyclic amines) is 1. The summed E-state index contributed by atoms with van der Waals surface area (Å²) in [5.74, 6) is -3.11. The van der Waals surface area contributed by atoms with Gasteiger partial charge in [-0.25, -0.2) is 9.59 Å². The SMILES string of the molecule is C#CCOCCOCCOCC(=O)NC(C(=O)NC(CCCNC(N)=O)C(=O)Nc1ccc(COC(=O)N(C)C(C(=O)NC(C(=O)N(C)C(C(C)CC)C(CC(=O)N2CCCC2C(OC)C(C)C(=O)NC(C)C(O)c2ccccc2)OC)C(C)C)C(C)C)cc1)C(C)C. The number of ether oxygens (including phenoxy) is 6. The molecule has 12 unspecified atom stereocenters. The van der Waals surface area contributed by atoms with Crippen molar-refractivity contribution in [3.8, 4) is 12.3 Å². The van der Waals surface area contributed by atoms with Crippen LogP contribution in [0, 0.1) is 41.9 Å². The van der Waals surface area contributed by atoms with Crippen LogP contribution in [0.2, 0.25) is 0 Å². The standard InChI is InChI=1S/C67H106N10O16/c1-16-33-90-34-35-91-36-37-92-40-53(78)73-55(41(3)4)63(83)72-50(25-21-31-69-66(68)86)62(82)71-49-29-27-47(28-30-49)39-93-67(87)76(13)57(43(7)8)64(84)74-56(42(5)6)65(85)75(12)58(44(9)17-2)52(88-14)38-54(79)77-32-22-26-51(77)60(89-15)45(10)61(81)70-46(11)59(80)48-23-19-18-20-24-48/h1,18-20,23-24,27-30,41-46,50-52,55-60,80H,17,21-22,25-26,31-40H2,2-15H3,(H,70,81)(H,71,82)(H,72,83)(H,73,78)(H,74,84)(H3,68,69,86). The van der Waals surface area contributed by atoms with Crippen molar-refractivity contribution in [2.75, 3.05) is 86.4 Å². The molecule has 0 aliphatic carbocycles. The predicted molar refractivity (Wildman–Crippen MR) is 350 cm³/mol. The molecule has 3 rings (SSSR count). The number of urea groups is 1. The summed E-state index contributed by atoms with van der Waals surface area (Å²) in [5, 5.41) is 27.5. The van der Waals surface area contributed by atoms with Crippen LogP contribution in [-0.4, -0.2) is 209 Å². The minimum absolute atomic E-state index is 0.0834. The summed E-state index contributed by atoms with van der Waals surface area (Å²) in [6, 6.07) is 8.73. The highest BCUT2D eigenvalue weighted by Gasteiger charge is 2.44. The van der Waals surface area contributed by atoms with Crippen molar-refractivity contribution in [1.82, 2.24) is 41.3 Å². The third-order valence-corrected chi connectivity index (χ3v) is 16.7. The van der Waals surface area contributed by atoms with Gasteiger partial charge in [0.05, 0.1) is 75.2 Å². The van der Waals surface area contributed by atoms with E-state index in [-0.39, 0.29) is 76.6 Å². The molecule has 93 heavy (non-hydrogen) atoms. The Balaban J connectivity index is 1.68. The van der Waals surface area contributed by atoms with Gasteiger partial charge in [0.25, 0.3) is 0 Å². The van der Waals surface area contributed by atoms with Crippen LogP contribution in [0.4, 0.5) is 15.3 Å². The number of carbonyl (C=O) groups excluding carboxylic acids is 9. The zero-order valence-corrected chi connectivity index (χ0v) is 57.0. The predicted octanol–water partition coefficient (Wildman–Crippen LogP) is 4.27. The van der Waals surface area contributed by atoms with Crippen LogP contribution in [0.5, 0.6) is 0 Å². The molecule has 1 fully saturated rings. The van der Waals surface area contributed by atoms with Crippen LogP contribution in [0.15, 0.2) is 54.6 Å². The molecule has 2 aromatic carbocycles. The third-order valence-electron chi connectivity index (χ3n) is 16.7. The molecule has 1 saturated heterocycles. The fourth-order valence-electron chi connectivity index (χ4n) is 11.3. The van der Waals surface area contributed by atoms with Gasteiger partial charge < -0.3 is 81.0 Å². The molecule has 12 atom stereocenters. The molecule has 10 amide bonds. The summed E-state index contributed by atoms with van der Waals surface area (Å²) >= 11 is 0. The molecular weight excluding hydrogens is 1200 g/mol. The lowest BCUT2D eigenvalue weighted by atomic mass is 9.89. The first-order valence-corrected chi connectivity index (χ1v) is 32.2. The van der Waals surface area contributed by atoms with Gasteiger partial charge in [-0.2, -0.15) is 0 Å². The molecule has 0 saturated carbocycles. The molecule has 520 valence electrons. The van der Waals surface area contributed by atoms with Crippen molar-refractivity contribution in [2.45, 2.75) is 175 Å². The highest BCUT2D eigenvalue weighted by Crippen LogP contribution is 2.30. The van der Waals surface area contributed by atoms with E-state index in [0.717, 1.165) is 0 Å². The Morgan fingerprint density at radius 1 is 0.742 bits per heavy atom. The van der Waals surface area contributed by atoms with Crippen LogP contribution in [0.25, 0.3) is 0 Å². The number of terminal acetylenes is 1. The molecule has 9 N–H and O–H groups in total. The molecule has 26 heteroatoms. The number of aliphatic hydroxyl groups excluding tert-OH is 1. The molecule has 2 aromatic rings. The maximum Gasteiger partial charge on any atom is 0.410 e. The van der Waals surface area contributed by atoms with E-state index in [4.69, 9.17) is 40.6 Å². The topological polar surface area (TPSA) is 337 Å². The van der Waals surface area contributed by atoms with Gasteiger partial charge in [0, 0.05) is 47.1 Å². The first-order chi connectivity index (χ1) is 44.1. The number of nitrogens with one attached hydrogen (secondary N) is 6. The summed E-state index contributed by atoms with van der Waals surface area (Å²) in [4.78, 5) is 127. The van der Waals surface area contributed by atoms with Gasteiger partial charge in [-0.15, -0.1) is 6.42 Å². The lowest BCUT2D eigenvalue weighted by Gasteiger charge is -2.41. The van der Waals surface area contributed by atoms with Gasteiger partial charge >= 0.3 is 12.1 Å². The quantitative estimate of drug-likeness (QED) is 0.0340. The number of amides is 10. The number of methoxy groups -OCH3 is 2. The summed E-state index contributed by atoms with van der Waals surface area (Å²) in [7, 11) is 6.08. The van der Waals surface area contributed by atoms with E-state index in [2.05, 4.69) is 37.8 Å². The highest BCUT2D eigenvalue weighted by atomic mass is 16.6. The van der Waals surface area contributed by atoms with Crippen molar-refractivity contribution in [3.05, 3.63) is 65.7 Å². The van der Waals surface area contributed by atoms with Gasteiger partial charge in [-0.3, -0.25) is 38.5 Å². The second-order valence-electron chi connectivity index (χ2n) is 24.7. The van der Waals surface area contributed by atoms with Crippen molar-refractivity contribution < 1.29 is 76.7 Å². The Labute approximate surface area is 549 Å². The van der Waals surface area contributed by atoms with Gasteiger partial charge in [0.1, 0.15) is 44.0 Å². The molecule has 0 spiro atoms. The Bertz CT molecular complexity index is 2710. The second kappa shape index (κ2) is 41.3. The summed E-state index contributed by atoms with van der Waals surface area (Å²) in [6.07, 6.45) is 4.09. The van der Waals surface area contributed by atoms with Crippen LogP contribution in [-0.2, 0) is 68.6 Å². The van der Waals surface area contributed by atoms with E-state index in [9.17, 15) is 48.3 Å². The maximum absolute atomic E-state index is 14.8. The van der Waals surface area contributed by atoms with Crippen molar-refractivity contribution >= 4 is 59.2 Å². The summed E-state index contributed by atoms with van der Waals surface area (Å²) < 4.78 is 33.6. The minimum Gasteiger partial charge on any atom is -0.445 e. The van der Waals surface area contributed by atoms with Crippen molar-refractivity contribution in [1.29, 1.82) is 0 Å². The van der Waals surface area contributed by atoms with E-state index in [0.29, 0.717) is 55.8 Å². The summed E-state index contributed by atoms with van der Waals surface area (Å²) in [5.41, 5.74) is 6.77. The van der Waals surface area contributed by atoms with E-state index >= 15 is 0 Å². The lowest BCUT2D eigenvalue weighted by molar-refractivity contribution is -0.148. The molecule has 1 aliphatic rings. The number of anilines is 1. The average Bonchev–Trinajstić information content (AvgIpc) is 1.82. The first kappa shape index (κ1) is 79.8. The molecule has 0 bridgehead atoms. The van der Waals surface area contributed by atoms with Gasteiger partial charge in [-0.1, -0.05) is 117 Å². The Hall–Kier alpha value is -7.41. The number of nitrogens with two attached hydrogens (primary N) is 1. The number of likely N-dealkylation sites (N-methyl/N-ethyl adjacent to an activating group) is 2.